The minimum Gasteiger partial charge on any atom is -0.379 e. The second-order valence-corrected chi connectivity index (χ2v) is 11.1. The Hall–Kier alpha value is -1.87. The Morgan fingerprint density at radius 1 is 1.03 bits per heavy atom. The summed E-state index contributed by atoms with van der Waals surface area (Å²) in [6.45, 7) is 8.03. The van der Waals surface area contributed by atoms with Crippen LogP contribution in [0.2, 0.25) is 0 Å². The van der Waals surface area contributed by atoms with Crippen molar-refractivity contribution in [2.75, 3.05) is 37.4 Å². The number of thioether (sulfide) groups is 1. The molecule has 2 aromatic carbocycles. The zero-order valence-corrected chi connectivity index (χ0v) is 19.2. The monoisotopic (exact) mass is 448 g/mol. The second-order valence-electron chi connectivity index (χ2n) is 8.15. The van der Waals surface area contributed by atoms with Crippen molar-refractivity contribution in [1.29, 1.82) is 0 Å². The van der Waals surface area contributed by atoms with Gasteiger partial charge in [-0.15, -0.1) is 11.8 Å². The average molecular weight is 449 g/mol. The number of carbonyl (C=O) groups excluding carboxylic acids is 1. The maximum atomic E-state index is 12.6. The van der Waals surface area contributed by atoms with E-state index in [0.717, 1.165) is 4.90 Å². The number of amides is 1. The standard InChI is InChI=1S/C22H28N2O4S2/c1-22(2,3)17-4-8-19(9-5-17)29-16-21(25)23-18-6-10-20(11-7-18)30(26,27)24-12-14-28-15-13-24/h4-11H,12-16H2,1-3H3,(H,23,25). The molecule has 0 saturated carbocycles. The fourth-order valence-electron chi connectivity index (χ4n) is 3.04. The largest absolute Gasteiger partial charge is 0.379 e. The molecule has 0 bridgehead atoms. The molecule has 6 nitrogen and oxygen atoms in total. The van der Waals surface area contributed by atoms with Gasteiger partial charge in [0.05, 0.1) is 23.9 Å². The first-order valence-corrected chi connectivity index (χ1v) is 12.3. The van der Waals surface area contributed by atoms with Crippen LogP contribution in [0.15, 0.2) is 58.3 Å². The molecule has 8 heteroatoms. The molecule has 0 spiro atoms. The third kappa shape index (κ3) is 5.85. The van der Waals surface area contributed by atoms with Crippen molar-refractivity contribution < 1.29 is 17.9 Å². The van der Waals surface area contributed by atoms with Gasteiger partial charge in [-0.25, -0.2) is 8.42 Å². The summed E-state index contributed by atoms with van der Waals surface area (Å²) in [5.74, 6) is 0.145. The van der Waals surface area contributed by atoms with Gasteiger partial charge in [0.15, 0.2) is 0 Å². The molecule has 1 N–H and O–H groups in total. The van der Waals surface area contributed by atoms with E-state index in [1.54, 1.807) is 12.1 Å². The van der Waals surface area contributed by atoms with E-state index in [-0.39, 0.29) is 22.0 Å². The third-order valence-electron chi connectivity index (χ3n) is 4.84. The van der Waals surface area contributed by atoms with Crippen LogP contribution in [-0.4, -0.2) is 50.7 Å². The van der Waals surface area contributed by atoms with Crippen LogP contribution >= 0.6 is 11.8 Å². The fourth-order valence-corrected chi connectivity index (χ4v) is 5.15. The number of nitrogens with zero attached hydrogens (tertiary/aromatic N) is 1. The Balaban J connectivity index is 1.54. The molecular weight excluding hydrogens is 420 g/mol. The minimum atomic E-state index is -3.53. The normalized spacial score (nSPS) is 15.7. The molecule has 2 aromatic rings. The maximum absolute atomic E-state index is 12.6. The molecule has 1 fully saturated rings. The molecule has 0 unspecified atom stereocenters. The zero-order chi connectivity index (χ0) is 21.8. The molecule has 1 saturated heterocycles. The van der Waals surface area contributed by atoms with E-state index >= 15 is 0 Å². The Kier molecular flexibility index (Phi) is 7.23. The van der Waals surface area contributed by atoms with Gasteiger partial charge in [-0.2, -0.15) is 4.31 Å². The lowest BCUT2D eigenvalue weighted by atomic mass is 9.87. The predicted octanol–water partition coefficient (Wildman–Crippen LogP) is 3.74. The van der Waals surface area contributed by atoms with Gasteiger partial charge in [-0.05, 0) is 47.4 Å². The van der Waals surface area contributed by atoms with Crippen molar-refractivity contribution in [2.24, 2.45) is 0 Å². The molecule has 0 radical (unpaired) electrons. The molecule has 1 aliphatic rings. The van der Waals surface area contributed by atoms with Crippen LogP contribution in [0.5, 0.6) is 0 Å². The van der Waals surface area contributed by atoms with Crippen LogP contribution in [0.4, 0.5) is 5.69 Å². The third-order valence-corrected chi connectivity index (χ3v) is 7.76. The van der Waals surface area contributed by atoms with E-state index < -0.39 is 10.0 Å². The van der Waals surface area contributed by atoms with Crippen LogP contribution in [0.1, 0.15) is 26.3 Å². The fraction of sp³-hybridized carbons (Fsp3) is 0.409. The van der Waals surface area contributed by atoms with Gasteiger partial charge in [0.2, 0.25) is 15.9 Å². The van der Waals surface area contributed by atoms with Gasteiger partial charge in [-0.1, -0.05) is 32.9 Å². The number of carbonyl (C=O) groups is 1. The number of rotatable bonds is 6. The number of hydrogen-bond acceptors (Lipinski definition) is 5. The number of hydrogen-bond donors (Lipinski definition) is 1. The lowest BCUT2D eigenvalue weighted by molar-refractivity contribution is -0.113. The Morgan fingerprint density at radius 2 is 1.63 bits per heavy atom. The number of morpholine rings is 1. The van der Waals surface area contributed by atoms with Gasteiger partial charge >= 0.3 is 0 Å². The predicted molar refractivity (Wildman–Crippen MR) is 121 cm³/mol. The lowest BCUT2D eigenvalue weighted by Crippen LogP contribution is -2.40. The van der Waals surface area contributed by atoms with E-state index in [9.17, 15) is 13.2 Å². The van der Waals surface area contributed by atoms with Crippen molar-refractivity contribution in [3.63, 3.8) is 0 Å². The number of sulfonamides is 1. The summed E-state index contributed by atoms with van der Waals surface area (Å²) in [4.78, 5) is 13.5. The zero-order valence-electron chi connectivity index (χ0n) is 17.6. The summed E-state index contributed by atoms with van der Waals surface area (Å²) in [7, 11) is -3.53. The number of anilines is 1. The number of ether oxygens (including phenoxy) is 1. The first-order chi connectivity index (χ1) is 14.2. The quantitative estimate of drug-likeness (QED) is 0.682. The van der Waals surface area contributed by atoms with E-state index in [1.165, 1.54) is 33.8 Å². The van der Waals surface area contributed by atoms with Crippen LogP contribution < -0.4 is 5.32 Å². The lowest BCUT2D eigenvalue weighted by Gasteiger charge is -2.26. The summed E-state index contributed by atoms with van der Waals surface area (Å²) < 4.78 is 31.9. The summed E-state index contributed by atoms with van der Waals surface area (Å²) >= 11 is 1.47. The molecule has 1 heterocycles. The Morgan fingerprint density at radius 3 is 2.20 bits per heavy atom. The van der Waals surface area contributed by atoms with Gasteiger partial charge in [-0.3, -0.25) is 4.79 Å². The highest BCUT2D eigenvalue weighted by Gasteiger charge is 2.26. The SMILES string of the molecule is CC(C)(C)c1ccc(SCC(=O)Nc2ccc(S(=O)(=O)N3CCOCC3)cc2)cc1. The molecule has 1 aliphatic heterocycles. The molecule has 1 amide bonds. The maximum Gasteiger partial charge on any atom is 0.243 e. The Labute approximate surface area is 183 Å². The van der Waals surface area contributed by atoms with Crippen molar-refractivity contribution in [1.82, 2.24) is 4.31 Å². The van der Waals surface area contributed by atoms with E-state index in [1.807, 2.05) is 12.1 Å². The highest BCUT2D eigenvalue weighted by molar-refractivity contribution is 8.00. The molecule has 0 atom stereocenters. The average Bonchev–Trinajstić information content (AvgIpc) is 2.73. The molecule has 0 aromatic heterocycles. The molecule has 162 valence electrons. The first-order valence-electron chi connectivity index (χ1n) is 9.87. The number of benzene rings is 2. The van der Waals surface area contributed by atoms with Gasteiger partial charge in [0.1, 0.15) is 0 Å². The van der Waals surface area contributed by atoms with Crippen molar-refractivity contribution in [3.05, 3.63) is 54.1 Å². The first kappa shape index (κ1) is 22.8. The van der Waals surface area contributed by atoms with Crippen molar-refractivity contribution in [2.45, 2.75) is 36.0 Å². The summed E-state index contributed by atoms with van der Waals surface area (Å²) in [5.41, 5.74) is 1.93. The second kappa shape index (κ2) is 9.51. The Bertz CT molecular complexity index is 960. The highest BCUT2D eigenvalue weighted by atomic mass is 32.2. The van der Waals surface area contributed by atoms with Crippen LogP contribution in [0.25, 0.3) is 0 Å². The highest BCUT2D eigenvalue weighted by Crippen LogP contribution is 2.26. The van der Waals surface area contributed by atoms with Crippen molar-refractivity contribution >= 4 is 33.4 Å². The molecule has 30 heavy (non-hydrogen) atoms. The molecular formula is C22H28N2O4S2. The smallest absolute Gasteiger partial charge is 0.243 e. The number of nitrogens with one attached hydrogen (secondary N) is 1. The van der Waals surface area contributed by atoms with Gasteiger partial charge in [0.25, 0.3) is 0 Å². The van der Waals surface area contributed by atoms with E-state index in [4.69, 9.17) is 4.74 Å². The van der Waals surface area contributed by atoms with Crippen LogP contribution in [-0.2, 0) is 25.0 Å². The van der Waals surface area contributed by atoms with E-state index in [2.05, 4.69) is 38.2 Å². The van der Waals surface area contributed by atoms with E-state index in [0.29, 0.717) is 32.0 Å². The van der Waals surface area contributed by atoms with Crippen LogP contribution in [0.3, 0.4) is 0 Å². The topological polar surface area (TPSA) is 75.7 Å². The van der Waals surface area contributed by atoms with Crippen molar-refractivity contribution in [3.8, 4) is 0 Å². The molecule has 0 aliphatic carbocycles. The van der Waals surface area contributed by atoms with Gasteiger partial charge in [0, 0.05) is 23.7 Å². The molecule has 3 rings (SSSR count). The minimum absolute atomic E-state index is 0.0992. The van der Waals surface area contributed by atoms with Gasteiger partial charge < -0.3 is 10.1 Å². The van der Waals surface area contributed by atoms with Crippen LogP contribution in [0, 0.1) is 0 Å². The summed E-state index contributed by atoms with van der Waals surface area (Å²) in [6.07, 6.45) is 0. The summed E-state index contributed by atoms with van der Waals surface area (Å²) in [6, 6.07) is 14.5. The summed E-state index contributed by atoms with van der Waals surface area (Å²) in [5, 5.41) is 2.82.